The van der Waals surface area contributed by atoms with Crippen LogP contribution in [0.15, 0.2) is 25.3 Å². The van der Waals surface area contributed by atoms with Crippen LogP contribution in [0.5, 0.6) is 0 Å². The van der Waals surface area contributed by atoms with Gasteiger partial charge in [0.25, 0.3) is 0 Å². The summed E-state index contributed by atoms with van der Waals surface area (Å²) in [5, 5.41) is 0. The van der Waals surface area contributed by atoms with Crippen LogP contribution in [0, 0.1) is 0 Å². The van der Waals surface area contributed by atoms with Gasteiger partial charge >= 0.3 is 0 Å². The van der Waals surface area contributed by atoms with Crippen molar-refractivity contribution in [2.24, 2.45) is 0 Å². The smallest absolute Gasteiger partial charge is 0.0784 e. The lowest BCUT2D eigenvalue weighted by Gasteiger charge is -2.10. The first-order valence-electron chi connectivity index (χ1n) is 3.72. The van der Waals surface area contributed by atoms with E-state index in [1.54, 1.807) is 12.2 Å². The van der Waals surface area contributed by atoms with Gasteiger partial charge in [-0.1, -0.05) is 12.2 Å². The molecule has 0 bridgehead atoms. The molecule has 0 saturated carbocycles. The van der Waals surface area contributed by atoms with Crippen LogP contribution in [0.1, 0.15) is 6.92 Å². The minimum absolute atomic E-state index is 0.132. The molecule has 0 aliphatic rings. The molecule has 2 nitrogen and oxygen atoms in total. The van der Waals surface area contributed by atoms with Crippen molar-refractivity contribution < 1.29 is 9.47 Å². The van der Waals surface area contributed by atoms with Crippen LogP contribution < -0.4 is 0 Å². The first-order valence-corrected chi connectivity index (χ1v) is 3.72. The summed E-state index contributed by atoms with van der Waals surface area (Å²) in [7, 11) is 0. The standard InChI is InChI=1S/C9H16O2/c1-4-6-10-8-9(3)11-7-5-2/h4-5,9H,1-2,6-8H2,3H3/t9-/m1/s1. The summed E-state index contributed by atoms with van der Waals surface area (Å²) in [6, 6.07) is 0. The van der Waals surface area contributed by atoms with Crippen LogP contribution >= 0.6 is 0 Å². The minimum Gasteiger partial charge on any atom is -0.375 e. The Balaban J connectivity index is 3.14. The van der Waals surface area contributed by atoms with Crippen LogP contribution in [-0.2, 0) is 9.47 Å². The maximum Gasteiger partial charge on any atom is 0.0784 e. The quantitative estimate of drug-likeness (QED) is 0.413. The maximum absolute atomic E-state index is 5.26. The third kappa shape index (κ3) is 7.30. The highest BCUT2D eigenvalue weighted by molar-refractivity contribution is 4.66. The maximum atomic E-state index is 5.26. The molecule has 0 saturated heterocycles. The van der Waals surface area contributed by atoms with Gasteiger partial charge in [-0.3, -0.25) is 0 Å². The summed E-state index contributed by atoms with van der Waals surface area (Å²) in [5.74, 6) is 0. The van der Waals surface area contributed by atoms with Crippen molar-refractivity contribution in [3.8, 4) is 0 Å². The summed E-state index contributed by atoms with van der Waals surface area (Å²) in [6.45, 7) is 10.8. The highest BCUT2D eigenvalue weighted by atomic mass is 16.5. The second kappa shape index (κ2) is 7.51. The van der Waals surface area contributed by atoms with Gasteiger partial charge < -0.3 is 9.47 Å². The fourth-order valence-electron chi connectivity index (χ4n) is 0.598. The van der Waals surface area contributed by atoms with Crippen LogP contribution in [0.2, 0.25) is 0 Å². The molecule has 0 heterocycles. The normalized spacial score (nSPS) is 12.5. The molecular weight excluding hydrogens is 140 g/mol. The van der Waals surface area contributed by atoms with Gasteiger partial charge in [-0.15, -0.1) is 13.2 Å². The summed E-state index contributed by atoms with van der Waals surface area (Å²) in [4.78, 5) is 0. The Morgan fingerprint density at radius 2 is 1.91 bits per heavy atom. The van der Waals surface area contributed by atoms with Crippen molar-refractivity contribution in [2.75, 3.05) is 19.8 Å². The SMILES string of the molecule is C=CCOC[C@@H](C)OCC=C. The average Bonchev–Trinajstić information content (AvgIpc) is 2.01. The molecule has 0 aromatic heterocycles. The van der Waals surface area contributed by atoms with Gasteiger partial charge in [0.1, 0.15) is 0 Å². The van der Waals surface area contributed by atoms with Gasteiger partial charge in [-0.25, -0.2) is 0 Å². The van der Waals surface area contributed by atoms with E-state index >= 15 is 0 Å². The number of ether oxygens (including phenoxy) is 2. The number of hydrogen-bond donors (Lipinski definition) is 0. The molecule has 0 rings (SSSR count). The summed E-state index contributed by atoms with van der Waals surface area (Å²) >= 11 is 0. The zero-order chi connectivity index (χ0) is 8.53. The van der Waals surface area contributed by atoms with Crippen LogP contribution in [0.25, 0.3) is 0 Å². The van der Waals surface area contributed by atoms with Crippen molar-refractivity contribution in [3.05, 3.63) is 25.3 Å². The van der Waals surface area contributed by atoms with E-state index in [-0.39, 0.29) is 6.10 Å². The number of hydrogen-bond acceptors (Lipinski definition) is 2. The molecule has 1 atom stereocenters. The molecule has 0 aromatic rings. The predicted octanol–water partition coefficient (Wildman–Crippen LogP) is 1.78. The third-order valence-corrected chi connectivity index (χ3v) is 1.09. The van der Waals surface area contributed by atoms with Crippen molar-refractivity contribution in [1.82, 2.24) is 0 Å². The average molecular weight is 156 g/mol. The van der Waals surface area contributed by atoms with Crippen LogP contribution in [-0.4, -0.2) is 25.9 Å². The Bertz CT molecular complexity index is 110. The summed E-state index contributed by atoms with van der Waals surface area (Å²) in [6.07, 6.45) is 3.58. The van der Waals surface area contributed by atoms with E-state index in [0.29, 0.717) is 19.8 Å². The van der Waals surface area contributed by atoms with E-state index in [9.17, 15) is 0 Å². The van der Waals surface area contributed by atoms with Crippen molar-refractivity contribution >= 4 is 0 Å². The van der Waals surface area contributed by atoms with Crippen molar-refractivity contribution in [1.29, 1.82) is 0 Å². The highest BCUT2D eigenvalue weighted by Gasteiger charge is 1.98. The van der Waals surface area contributed by atoms with E-state index in [0.717, 1.165) is 0 Å². The van der Waals surface area contributed by atoms with Gasteiger partial charge in [0, 0.05) is 0 Å². The van der Waals surface area contributed by atoms with Gasteiger partial charge in [-0.05, 0) is 6.92 Å². The van der Waals surface area contributed by atoms with E-state index < -0.39 is 0 Å². The Kier molecular flexibility index (Phi) is 7.10. The van der Waals surface area contributed by atoms with Crippen molar-refractivity contribution in [3.63, 3.8) is 0 Å². The monoisotopic (exact) mass is 156 g/mol. The molecule has 0 spiro atoms. The first-order chi connectivity index (χ1) is 5.31. The molecule has 0 aromatic carbocycles. The lowest BCUT2D eigenvalue weighted by Crippen LogP contribution is -2.15. The van der Waals surface area contributed by atoms with Crippen LogP contribution in [0.3, 0.4) is 0 Å². The zero-order valence-corrected chi connectivity index (χ0v) is 7.08. The molecular formula is C9H16O2. The largest absolute Gasteiger partial charge is 0.375 e. The van der Waals surface area contributed by atoms with Gasteiger partial charge in [-0.2, -0.15) is 0 Å². The molecule has 0 aliphatic carbocycles. The molecule has 0 N–H and O–H groups in total. The highest BCUT2D eigenvalue weighted by Crippen LogP contribution is 1.91. The number of rotatable bonds is 7. The molecule has 0 radical (unpaired) electrons. The van der Waals surface area contributed by atoms with E-state index in [4.69, 9.17) is 9.47 Å². The minimum atomic E-state index is 0.132. The molecule has 0 aliphatic heterocycles. The topological polar surface area (TPSA) is 18.5 Å². The fourth-order valence-corrected chi connectivity index (χ4v) is 0.598. The second-order valence-corrected chi connectivity index (χ2v) is 2.26. The lowest BCUT2D eigenvalue weighted by molar-refractivity contribution is 0.0129. The van der Waals surface area contributed by atoms with E-state index in [2.05, 4.69) is 13.2 Å². The predicted molar refractivity (Wildman–Crippen MR) is 46.6 cm³/mol. The Labute approximate surface area is 68.5 Å². The van der Waals surface area contributed by atoms with Gasteiger partial charge in [0.2, 0.25) is 0 Å². The summed E-state index contributed by atoms with van der Waals surface area (Å²) < 4.78 is 10.4. The second-order valence-electron chi connectivity index (χ2n) is 2.26. The third-order valence-electron chi connectivity index (χ3n) is 1.09. The first kappa shape index (κ1) is 10.4. The van der Waals surface area contributed by atoms with Gasteiger partial charge in [0.05, 0.1) is 25.9 Å². The lowest BCUT2D eigenvalue weighted by atomic mass is 10.4. The van der Waals surface area contributed by atoms with Crippen molar-refractivity contribution in [2.45, 2.75) is 13.0 Å². The molecule has 0 amide bonds. The molecule has 2 heteroatoms. The van der Waals surface area contributed by atoms with E-state index in [1.165, 1.54) is 0 Å². The molecule has 64 valence electrons. The Hall–Kier alpha value is -0.600. The van der Waals surface area contributed by atoms with Gasteiger partial charge in [0.15, 0.2) is 0 Å². The molecule has 11 heavy (non-hydrogen) atoms. The zero-order valence-electron chi connectivity index (χ0n) is 7.08. The molecule has 0 fully saturated rings. The Morgan fingerprint density at radius 3 is 2.45 bits per heavy atom. The fraction of sp³-hybridized carbons (Fsp3) is 0.556. The molecule has 0 unspecified atom stereocenters. The Morgan fingerprint density at radius 1 is 1.27 bits per heavy atom. The van der Waals surface area contributed by atoms with E-state index in [1.807, 2.05) is 6.92 Å². The van der Waals surface area contributed by atoms with Crippen LogP contribution in [0.4, 0.5) is 0 Å². The summed E-state index contributed by atoms with van der Waals surface area (Å²) in [5.41, 5.74) is 0.